The SMILES string of the molecule is COc1ccc(Br)c(CC(=O)c2cc(Br)ccc2Cl)c1. The Morgan fingerprint density at radius 1 is 1.20 bits per heavy atom. The molecule has 0 aliphatic rings. The van der Waals surface area contributed by atoms with Crippen molar-refractivity contribution < 1.29 is 9.53 Å². The summed E-state index contributed by atoms with van der Waals surface area (Å²) in [6.07, 6.45) is 0.258. The number of halogens is 3. The first-order valence-electron chi connectivity index (χ1n) is 5.82. The number of Topliss-reactive ketones (excluding diaryl/α,β-unsaturated/α-hetero) is 1. The van der Waals surface area contributed by atoms with E-state index in [-0.39, 0.29) is 12.2 Å². The van der Waals surface area contributed by atoms with E-state index in [1.165, 1.54) is 0 Å². The summed E-state index contributed by atoms with van der Waals surface area (Å²) in [6, 6.07) is 10.8. The molecule has 0 radical (unpaired) electrons. The molecule has 0 bridgehead atoms. The maximum atomic E-state index is 12.4. The lowest BCUT2D eigenvalue weighted by molar-refractivity contribution is 0.0993. The van der Waals surface area contributed by atoms with Crippen LogP contribution >= 0.6 is 43.5 Å². The fraction of sp³-hybridized carbons (Fsp3) is 0.133. The molecule has 104 valence electrons. The van der Waals surface area contributed by atoms with Gasteiger partial charge in [0, 0.05) is 20.9 Å². The normalized spacial score (nSPS) is 10.4. The minimum Gasteiger partial charge on any atom is -0.497 e. The van der Waals surface area contributed by atoms with Gasteiger partial charge in [-0.3, -0.25) is 4.79 Å². The number of benzene rings is 2. The molecule has 0 amide bonds. The molecule has 0 aliphatic heterocycles. The lowest BCUT2D eigenvalue weighted by Crippen LogP contribution is -2.05. The van der Waals surface area contributed by atoms with Crippen molar-refractivity contribution >= 4 is 49.2 Å². The van der Waals surface area contributed by atoms with Gasteiger partial charge in [0.05, 0.1) is 12.1 Å². The van der Waals surface area contributed by atoms with E-state index in [0.717, 1.165) is 20.3 Å². The maximum absolute atomic E-state index is 12.4. The van der Waals surface area contributed by atoms with E-state index in [9.17, 15) is 4.79 Å². The largest absolute Gasteiger partial charge is 0.497 e. The van der Waals surface area contributed by atoms with Crippen LogP contribution in [0.2, 0.25) is 5.02 Å². The van der Waals surface area contributed by atoms with Crippen LogP contribution in [0.4, 0.5) is 0 Å². The molecule has 2 aromatic rings. The summed E-state index contributed by atoms with van der Waals surface area (Å²) in [5, 5.41) is 0.456. The van der Waals surface area contributed by atoms with Crippen molar-refractivity contribution in [3.05, 3.63) is 61.5 Å². The lowest BCUT2D eigenvalue weighted by atomic mass is 10.0. The molecule has 20 heavy (non-hydrogen) atoms. The first-order valence-corrected chi connectivity index (χ1v) is 7.78. The first kappa shape index (κ1) is 15.5. The Hall–Kier alpha value is -0.840. The third-order valence-electron chi connectivity index (χ3n) is 2.83. The minimum absolute atomic E-state index is 0.0368. The van der Waals surface area contributed by atoms with E-state index in [0.29, 0.717) is 10.6 Å². The van der Waals surface area contributed by atoms with Gasteiger partial charge in [0.25, 0.3) is 0 Å². The van der Waals surface area contributed by atoms with Crippen molar-refractivity contribution in [2.75, 3.05) is 7.11 Å². The summed E-state index contributed by atoms with van der Waals surface area (Å²) in [5.41, 5.74) is 1.38. The van der Waals surface area contributed by atoms with Gasteiger partial charge in [-0.1, -0.05) is 43.5 Å². The van der Waals surface area contributed by atoms with Gasteiger partial charge in [-0.15, -0.1) is 0 Å². The topological polar surface area (TPSA) is 26.3 Å². The van der Waals surface area contributed by atoms with Gasteiger partial charge in [-0.25, -0.2) is 0 Å². The Bertz CT molecular complexity index is 656. The molecule has 0 aliphatic carbocycles. The van der Waals surface area contributed by atoms with Crippen LogP contribution in [0.25, 0.3) is 0 Å². The quantitative estimate of drug-likeness (QED) is 0.630. The number of ether oxygens (including phenoxy) is 1. The third-order valence-corrected chi connectivity index (χ3v) is 4.43. The number of hydrogen-bond donors (Lipinski definition) is 0. The highest BCUT2D eigenvalue weighted by molar-refractivity contribution is 9.10. The van der Waals surface area contributed by atoms with Crippen LogP contribution in [0.15, 0.2) is 45.3 Å². The maximum Gasteiger partial charge on any atom is 0.168 e. The monoisotopic (exact) mass is 416 g/mol. The number of rotatable bonds is 4. The van der Waals surface area contributed by atoms with Gasteiger partial charge in [-0.2, -0.15) is 0 Å². The molecule has 0 fully saturated rings. The standard InChI is InChI=1S/C15H11Br2ClO2/c1-20-11-3-4-13(17)9(6-11)7-15(19)12-8-10(16)2-5-14(12)18/h2-6,8H,7H2,1H3. The second kappa shape index (κ2) is 6.74. The molecular formula is C15H11Br2ClO2. The van der Waals surface area contributed by atoms with Gasteiger partial charge in [-0.05, 0) is 42.0 Å². The number of hydrogen-bond acceptors (Lipinski definition) is 2. The highest BCUT2D eigenvalue weighted by Crippen LogP contribution is 2.26. The Kier molecular flexibility index (Phi) is 5.24. The van der Waals surface area contributed by atoms with Gasteiger partial charge in [0.1, 0.15) is 5.75 Å². The molecule has 0 unspecified atom stereocenters. The fourth-order valence-corrected chi connectivity index (χ4v) is 2.76. The van der Waals surface area contributed by atoms with Crippen LogP contribution in [0.3, 0.4) is 0 Å². The van der Waals surface area contributed by atoms with E-state index in [2.05, 4.69) is 31.9 Å². The third kappa shape index (κ3) is 3.62. The van der Waals surface area contributed by atoms with Crippen LogP contribution in [0.5, 0.6) is 5.75 Å². The molecule has 0 spiro atoms. The van der Waals surface area contributed by atoms with Crippen molar-refractivity contribution in [2.45, 2.75) is 6.42 Å². The molecular weight excluding hydrogens is 407 g/mol. The summed E-state index contributed by atoms with van der Waals surface area (Å²) >= 11 is 12.9. The van der Waals surface area contributed by atoms with Crippen molar-refractivity contribution in [1.82, 2.24) is 0 Å². The van der Waals surface area contributed by atoms with E-state index in [1.54, 1.807) is 25.3 Å². The molecule has 0 aromatic heterocycles. The molecule has 0 saturated carbocycles. The Labute approximate surface area is 139 Å². The lowest BCUT2D eigenvalue weighted by Gasteiger charge is -2.08. The molecule has 2 rings (SSSR count). The van der Waals surface area contributed by atoms with E-state index >= 15 is 0 Å². The minimum atomic E-state index is -0.0368. The summed E-state index contributed by atoms with van der Waals surface area (Å²) in [7, 11) is 1.60. The van der Waals surface area contributed by atoms with Crippen molar-refractivity contribution in [3.8, 4) is 5.75 Å². The van der Waals surface area contributed by atoms with Gasteiger partial charge >= 0.3 is 0 Å². The Morgan fingerprint density at radius 2 is 1.95 bits per heavy atom. The Morgan fingerprint density at radius 3 is 2.65 bits per heavy atom. The Balaban J connectivity index is 2.30. The highest BCUT2D eigenvalue weighted by atomic mass is 79.9. The average molecular weight is 419 g/mol. The predicted octanol–water partition coefficient (Wildman–Crippen LogP) is 5.30. The van der Waals surface area contributed by atoms with Crippen LogP contribution in [-0.4, -0.2) is 12.9 Å². The van der Waals surface area contributed by atoms with Crippen molar-refractivity contribution in [3.63, 3.8) is 0 Å². The molecule has 0 saturated heterocycles. The zero-order chi connectivity index (χ0) is 14.7. The van der Waals surface area contributed by atoms with Gasteiger partial charge in [0.15, 0.2) is 5.78 Å². The summed E-state index contributed by atoms with van der Waals surface area (Å²) in [5.74, 6) is 0.682. The molecule has 0 N–H and O–H groups in total. The number of carbonyl (C=O) groups excluding carboxylic acids is 1. The van der Waals surface area contributed by atoms with Crippen LogP contribution in [0.1, 0.15) is 15.9 Å². The molecule has 5 heteroatoms. The van der Waals surface area contributed by atoms with E-state index in [4.69, 9.17) is 16.3 Å². The molecule has 0 heterocycles. The smallest absolute Gasteiger partial charge is 0.168 e. The summed E-state index contributed by atoms with van der Waals surface area (Å²) in [4.78, 5) is 12.4. The second-order valence-electron chi connectivity index (χ2n) is 4.18. The predicted molar refractivity (Wildman–Crippen MR) is 87.9 cm³/mol. The summed E-state index contributed by atoms with van der Waals surface area (Å²) in [6.45, 7) is 0. The molecule has 2 aromatic carbocycles. The second-order valence-corrected chi connectivity index (χ2v) is 6.36. The van der Waals surface area contributed by atoms with E-state index in [1.807, 2.05) is 18.2 Å². The van der Waals surface area contributed by atoms with Gasteiger partial charge < -0.3 is 4.74 Å². The van der Waals surface area contributed by atoms with Crippen molar-refractivity contribution in [2.24, 2.45) is 0 Å². The highest BCUT2D eigenvalue weighted by Gasteiger charge is 2.14. The van der Waals surface area contributed by atoms with Gasteiger partial charge in [0.2, 0.25) is 0 Å². The van der Waals surface area contributed by atoms with Crippen LogP contribution < -0.4 is 4.74 Å². The number of methoxy groups -OCH3 is 1. The van der Waals surface area contributed by atoms with Crippen molar-refractivity contribution in [1.29, 1.82) is 0 Å². The fourth-order valence-electron chi connectivity index (χ4n) is 1.79. The summed E-state index contributed by atoms with van der Waals surface area (Å²) < 4.78 is 6.88. The number of carbonyl (C=O) groups is 1. The molecule has 0 atom stereocenters. The number of ketones is 1. The average Bonchev–Trinajstić information content (AvgIpc) is 2.43. The van der Waals surface area contributed by atoms with E-state index < -0.39 is 0 Å². The first-order chi connectivity index (χ1) is 9.51. The zero-order valence-electron chi connectivity index (χ0n) is 10.6. The van der Waals surface area contributed by atoms with Crippen LogP contribution in [-0.2, 0) is 6.42 Å². The zero-order valence-corrected chi connectivity index (χ0v) is 14.5. The molecule has 2 nitrogen and oxygen atoms in total. The van der Waals surface area contributed by atoms with Crippen LogP contribution in [0, 0.1) is 0 Å².